The number of H-pyrrole nitrogens is 1. The minimum atomic E-state index is -0.194. The molecule has 0 saturated heterocycles. The van der Waals surface area contributed by atoms with Crippen molar-refractivity contribution in [2.45, 2.75) is 13.5 Å². The number of aryl methyl sites for hydroxylation is 1. The molecule has 4 rings (SSSR count). The number of likely N-dealkylation sites (N-methyl/N-ethyl adjacent to an activating group) is 1. The number of hydrogen-bond acceptors (Lipinski definition) is 4. The summed E-state index contributed by atoms with van der Waals surface area (Å²) >= 11 is 0. The minimum Gasteiger partial charge on any atom is -0.459 e. The molecule has 1 aromatic carbocycles. The van der Waals surface area contributed by atoms with Gasteiger partial charge in [0.25, 0.3) is 0 Å². The summed E-state index contributed by atoms with van der Waals surface area (Å²) in [5.74, 6) is 0.642. The molecule has 28 heavy (non-hydrogen) atoms. The lowest BCUT2D eigenvalue weighted by molar-refractivity contribution is -0.125. The molecule has 0 fully saturated rings. The van der Waals surface area contributed by atoms with E-state index in [0.717, 1.165) is 33.2 Å². The first-order valence-electron chi connectivity index (χ1n) is 8.90. The van der Waals surface area contributed by atoms with E-state index < -0.39 is 0 Å². The van der Waals surface area contributed by atoms with E-state index in [1.807, 2.05) is 37.3 Å². The fourth-order valence-corrected chi connectivity index (χ4v) is 3.11. The van der Waals surface area contributed by atoms with Crippen molar-refractivity contribution in [1.29, 1.82) is 0 Å². The van der Waals surface area contributed by atoms with Crippen LogP contribution in [0.2, 0.25) is 0 Å². The lowest BCUT2D eigenvalue weighted by atomic mass is 10.1. The third-order valence-corrected chi connectivity index (χ3v) is 4.71. The van der Waals surface area contributed by atoms with Gasteiger partial charge in [0, 0.05) is 41.7 Å². The lowest BCUT2D eigenvalue weighted by Gasteiger charge is -2.13. The number of carbonyl (C=O) groups excluding carboxylic acids is 1. The van der Waals surface area contributed by atoms with Crippen molar-refractivity contribution in [2.75, 3.05) is 7.05 Å². The molecule has 4 aromatic rings. The Morgan fingerprint density at radius 3 is 2.89 bits per heavy atom. The van der Waals surface area contributed by atoms with Crippen LogP contribution in [0, 0.1) is 6.92 Å². The number of amides is 1. The highest BCUT2D eigenvalue weighted by molar-refractivity contribution is 5.92. The van der Waals surface area contributed by atoms with Crippen molar-refractivity contribution in [2.24, 2.45) is 0 Å². The van der Waals surface area contributed by atoms with Crippen molar-refractivity contribution in [1.82, 2.24) is 14.9 Å². The van der Waals surface area contributed by atoms with Crippen LogP contribution in [0.1, 0.15) is 16.9 Å². The van der Waals surface area contributed by atoms with Gasteiger partial charge < -0.3 is 14.3 Å². The number of fused-ring (bicyclic) bond motifs is 2. The maximum Gasteiger partial charge on any atom is 0.249 e. The molecule has 0 aliphatic rings. The van der Waals surface area contributed by atoms with E-state index in [4.69, 9.17) is 4.42 Å². The van der Waals surface area contributed by atoms with Gasteiger partial charge in [0.1, 0.15) is 17.0 Å². The zero-order valence-corrected chi connectivity index (χ0v) is 15.6. The summed E-state index contributed by atoms with van der Waals surface area (Å²) < 4.78 is 5.88. The van der Waals surface area contributed by atoms with E-state index in [-0.39, 0.29) is 11.5 Å². The van der Waals surface area contributed by atoms with Crippen molar-refractivity contribution in [3.8, 4) is 0 Å². The van der Waals surface area contributed by atoms with E-state index >= 15 is 0 Å². The van der Waals surface area contributed by atoms with Gasteiger partial charge in [0.15, 0.2) is 0 Å². The maximum absolute atomic E-state index is 12.5. The van der Waals surface area contributed by atoms with Gasteiger partial charge in [-0.2, -0.15) is 0 Å². The number of benzene rings is 1. The molecule has 140 valence electrons. The number of aromatic amines is 1. The van der Waals surface area contributed by atoms with Gasteiger partial charge in [-0.25, -0.2) is 4.98 Å². The number of aromatic nitrogens is 2. The van der Waals surface area contributed by atoms with Crippen LogP contribution < -0.4 is 5.56 Å². The molecule has 0 aliphatic heterocycles. The Bertz CT molecular complexity index is 1270. The first-order chi connectivity index (χ1) is 13.5. The number of carbonyl (C=O) groups is 1. The number of nitrogens with one attached hydrogen (secondary N) is 1. The van der Waals surface area contributed by atoms with E-state index in [1.165, 1.54) is 12.1 Å². The molecule has 0 aliphatic carbocycles. The molecular weight excluding hydrogens is 354 g/mol. The van der Waals surface area contributed by atoms with Gasteiger partial charge in [-0.3, -0.25) is 9.59 Å². The monoisotopic (exact) mass is 373 g/mol. The molecule has 6 heteroatoms. The van der Waals surface area contributed by atoms with E-state index in [1.54, 1.807) is 30.3 Å². The average molecular weight is 373 g/mol. The summed E-state index contributed by atoms with van der Waals surface area (Å²) in [6.07, 6.45) is 4.83. The van der Waals surface area contributed by atoms with Crippen LogP contribution >= 0.6 is 0 Å². The number of hydrogen-bond donors (Lipinski definition) is 1. The van der Waals surface area contributed by atoms with Crippen molar-refractivity contribution < 1.29 is 9.21 Å². The molecule has 3 heterocycles. The third-order valence-electron chi connectivity index (χ3n) is 4.71. The SMILES string of the molecule is Cc1c(CN(C)C(=O)C=Cc2cnc3[nH]c(=O)ccc3c2)oc2ccccc12. The molecule has 6 nitrogen and oxygen atoms in total. The van der Waals surface area contributed by atoms with E-state index in [0.29, 0.717) is 12.2 Å². The summed E-state index contributed by atoms with van der Waals surface area (Å²) in [5.41, 5.74) is 2.98. The fourth-order valence-electron chi connectivity index (χ4n) is 3.11. The summed E-state index contributed by atoms with van der Waals surface area (Å²) in [5, 5.41) is 1.87. The lowest BCUT2D eigenvalue weighted by Crippen LogP contribution is -2.24. The van der Waals surface area contributed by atoms with Crippen LogP contribution in [0.25, 0.3) is 28.1 Å². The molecule has 1 amide bonds. The van der Waals surface area contributed by atoms with Gasteiger partial charge in [-0.05, 0) is 36.8 Å². The fraction of sp³-hybridized carbons (Fsp3) is 0.136. The van der Waals surface area contributed by atoms with Crippen molar-refractivity contribution >= 4 is 34.0 Å². The molecular formula is C22H19N3O3. The second-order valence-electron chi connectivity index (χ2n) is 6.70. The van der Waals surface area contributed by atoms with Crippen molar-refractivity contribution in [3.05, 3.63) is 82.0 Å². The normalized spacial score (nSPS) is 11.5. The zero-order chi connectivity index (χ0) is 19.7. The zero-order valence-electron chi connectivity index (χ0n) is 15.6. The molecule has 0 bridgehead atoms. The first-order valence-corrected chi connectivity index (χ1v) is 8.90. The first kappa shape index (κ1) is 17.7. The van der Waals surface area contributed by atoms with E-state index in [9.17, 15) is 9.59 Å². The van der Waals surface area contributed by atoms with E-state index in [2.05, 4.69) is 9.97 Å². The van der Waals surface area contributed by atoms with Crippen LogP contribution in [-0.2, 0) is 11.3 Å². The largest absolute Gasteiger partial charge is 0.459 e. The predicted molar refractivity (Wildman–Crippen MR) is 109 cm³/mol. The Morgan fingerprint density at radius 1 is 1.25 bits per heavy atom. The summed E-state index contributed by atoms with van der Waals surface area (Å²) in [4.78, 5) is 32.3. The van der Waals surface area contributed by atoms with Crippen LogP contribution in [-0.4, -0.2) is 27.8 Å². The van der Waals surface area contributed by atoms with Crippen LogP contribution in [0.3, 0.4) is 0 Å². The number of rotatable bonds is 4. The Morgan fingerprint density at radius 2 is 2.07 bits per heavy atom. The highest BCUT2D eigenvalue weighted by Crippen LogP contribution is 2.25. The van der Waals surface area contributed by atoms with Crippen LogP contribution in [0.4, 0.5) is 0 Å². The van der Waals surface area contributed by atoms with Crippen LogP contribution in [0.5, 0.6) is 0 Å². The van der Waals surface area contributed by atoms with Crippen LogP contribution in [0.15, 0.2) is 63.9 Å². The highest BCUT2D eigenvalue weighted by Gasteiger charge is 2.14. The molecule has 0 spiro atoms. The van der Waals surface area contributed by atoms with Gasteiger partial charge in [0.2, 0.25) is 11.5 Å². The standard InChI is InChI=1S/C22H19N3O3/c1-14-17-5-3-4-6-18(17)28-19(14)13-25(2)21(27)10-7-15-11-16-8-9-20(26)24-22(16)23-12-15/h3-12H,13H2,1-2H3,(H,23,24,26). The van der Waals surface area contributed by atoms with Gasteiger partial charge in [-0.1, -0.05) is 18.2 Å². The minimum absolute atomic E-state index is 0.138. The quantitative estimate of drug-likeness (QED) is 0.554. The highest BCUT2D eigenvalue weighted by atomic mass is 16.3. The third kappa shape index (κ3) is 3.44. The average Bonchev–Trinajstić information content (AvgIpc) is 3.01. The summed E-state index contributed by atoms with van der Waals surface area (Å²) in [6.45, 7) is 2.39. The Kier molecular flexibility index (Phi) is 4.53. The molecule has 0 radical (unpaired) electrons. The summed E-state index contributed by atoms with van der Waals surface area (Å²) in [7, 11) is 1.74. The number of furan rings is 1. The molecule has 1 N–H and O–H groups in total. The molecule has 0 unspecified atom stereocenters. The smallest absolute Gasteiger partial charge is 0.249 e. The Labute approximate surface area is 161 Å². The van der Waals surface area contributed by atoms with Gasteiger partial charge in [-0.15, -0.1) is 0 Å². The topological polar surface area (TPSA) is 79.2 Å². The molecule has 0 atom stereocenters. The predicted octanol–water partition coefficient (Wildman–Crippen LogP) is 3.65. The summed E-state index contributed by atoms with van der Waals surface area (Å²) in [6, 6.07) is 12.9. The Hall–Kier alpha value is -3.67. The molecule has 3 aromatic heterocycles. The number of pyridine rings is 2. The van der Waals surface area contributed by atoms with Gasteiger partial charge >= 0.3 is 0 Å². The second-order valence-corrected chi connectivity index (χ2v) is 6.70. The Balaban J connectivity index is 1.50. The molecule has 0 saturated carbocycles. The van der Waals surface area contributed by atoms with Gasteiger partial charge in [0.05, 0.1) is 6.54 Å². The number of nitrogens with zero attached hydrogens (tertiary/aromatic N) is 2. The maximum atomic E-state index is 12.5. The second kappa shape index (κ2) is 7.15. The van der Waals surface area contributed by atoms with Crippen molar-refractivity contribution in [3.63, 3.8) is 0 Å². The number of para-hydroxylation sites is 1.